The largest absolute Gasteiger partial charge is 0.353 e. The third kappa shape index (κ3) is 2.23. The fraction of sp³-hybridized carbons (Fsp3) is 0.500. The molecule has 3 rings (SSSR count). The molecule has 1 fully saturated rings. The molecule has 0 aliphatic carbocycles. The predicted molar refractivity (Wildman–Crippen MR) is 78.3 cm³/mol. The van der Waals surface area contributed by atoms with Crippen molar-refractivity contribution in [3.63, 3.8) is 0 Å². The second kappa shape index (κ2) is 5.34. The van der Waals surface area contributed by atoms with Crippen LogP contribution < -0.4 is 4.90 Å². The highest BCUT2D eigenvalue weighted by Crippen LogP contribution is 2.29. The molecule has 0 atom stereocenters. The Balaban J connectivity index is 1.90. The van der Waals surface area contributed by atoms with Gasteiger partial charge in [0, 0.05) is 33.2 Å². The summed E-state index contributed by atoms with van der Waals surface area (Å²) in [6, 6.07) is 2.20. The molecule has 8 heteroatoms. The molecule has 0 aromatic carbocycles. The van der Waals surface area contributed by atoms with Crippen LogP contribution in [0.3, 0.4) is 0 Å². The lowest BCUT2D eigenvalue weighted by molar-refractivity contribution is 0.286. The second-order valence-corrected chi connectivity index (χ2v) is 5.48. The van der Waals surface area contributed by atoms with E-state index in [9.17, 15) is 0 Å². The SMILES string of the molecule is Cn1nc(Br)c2c(N3CCN(CC#N)CC3)ncnc21. The Morgan fingerprint density at radius 1 is 1.30 bits per heavy atom. The van der Waals surface area contributed by atoms with Gasteiger partial charge in [-0.3, -0.25) is 4.90 Å². The molecule has 0 unspecified atom stereocenters. The number of anilines is 1. The number of nitriles is 1. The van der Waals surface area contributed by atoms with Crippen LogP contribution in [-0.2, 0) is 7.05 Å². The molecule has 1 aliphatic heterocycles. The fourth-order valence-electron chi connectivity index (χ4n) is 2.48. The van der Waals surface area contributed by atoms with E-state index in [-0.39, 0.29) is 0 Å². The van der Waals surface area contributed by atoms with Gasteiger partial charge in [-0.1, -0.05) is 0 Å². The smallest absolute Gasteiger partial charge is 0.164 e. The summed E-state index contributed by atoms with van der Waals surface area (Å²) in [7, 11) is 1.87. The Hall–Kier alpha value is -1.72. The molecule has 20 heavy (non-hydrogen) atoms. The topological polar surface area (TPSA) is 73.9 Å². The molecule has 0 spiro atoms. The molecule has 7 nitrogen and oxygen atoms in total. The van der Waals surface area contributed by atoms with Crippen molar-refractivity contribution in [1.82, 2.24) is 24.6 Å². The van der Waals surface area contributed by atoms with E-state index in [4.69, 9.17) is 5.26 Å². The summed E-state index contributed by atoms with van der Waals surface area (Å²) in [4.78, 5) is 13.1. The first kappa shape index (κ1) is 13.3. The van der Waals surface area contributed by atoms with Crippen LogP contribution >= 0.6 is 15.9 Å². The van der Waals surface area contributed by atoms with E-state index in [1.165, 1.54) is 0 Å². The summed E-state index contributed by atoms with van der Waals surface area (Å²) in [6.45, 7) is 3.95. The molecule has 2 aromatic heterocycles. The monoisotopic (exact) mass is 335 g/mol. The van der Waals surface area contributed by atoms with Gasteiger partial charge in [-0.25, -0.2) is 14.6 Å². The van der Waals surface area contributed by atoms with Crippen LogP contribution in [0.4, 0.5) is 5.82 Å². The summed E-state index contributed by atoms with van der Waals surface area (Å²) in [6.07, 6.45) is 1.58. The average molecular weight is 336 g/mol. The molecular weight excluding hydrogens is 322 g/mol. The van der Waals surface area contributed by atoms with Gasteiger partial charge in [-0.05, 0) is 15.9 Å². The maximum Gasteiger partial charge on any atom is 0.164 e. The van der Waals surface area contributed by atoms with Gasteiger partial charge >= 0.3 is 0 Å². The van der Waals surface area contributed by atoms with Gasteiger partial charge in [0.25, 0.3) is 0 Å². The third-order valence-electron chi connectivity index (χ3n) is 3.52. The summed E-state index contributed by atoms with van der Waals surface area (Å²) >= 11 is 3.48. The summed E-state index contributed by atoms with van der Waals surface area (Å²) < 4.78 is 2.52. The highest BCUT2D eigenvalue weighted by Gasteiger charge is 2.22. The molecule has 0 amide bonds. The number of halogens is 1. The number of rotatable bonds is 2. The highest BCUT2D eigenvalue weighted by atomic mass is 79.9. The summed E-state index contributed by atoms with van der Waals surface area (Å²) in [5.74, 6) is 0.909. The normalized spacial score (nSPS) is 16.6. The van der Waals surface area contributed by atoms with Gasteiger partial charge in [-0.15, -0.1) is 0 Å². The average Bonchev–Trinajstić information content (AvgIpc) is 2.76. The number of hydrogen-bond donors (Lipinski definition) is 0. The van der Waals surface area contributed by atoms with E-state index in [1.807, 2.05) is 7.05 Å². The molecule has 0 saturated carbocycles. The first-order chi connectivity index (χ1) is 9.70. The number of fused-ring (bicyclic) bond motifs is 1. The van der Waals surface area contributed by atoms with Gasteiger partial charge in [-0.2, -0.15) is 10.4 Å². The first-order valence-electron chi connectivity index (χ1n) is 6.38. The van der Waals surface area contributed by atoms with Gasteiger partial charge in [0.1, 0.15) is 16.7 Å². The number of hydrogen-bond acceptors (Lipinski definition) is 6. The van der Waals surface area contributed by atoms with Crippen molar-refractivity contribution < 1.29 is 0 Å². The van der Waals surface area contributed by atoms with E-state index in [2.05, 4.69) is 46.9 Å². The van der Waals surface area contributed by atoms with E-state index in [1.54, 1.807) is 11.0 Å². The standard InChI is InChI=1S/C12H14BrN7/c1-18-11-9(10(13)17-18)12(16-8-15-11)20-6-4-19(3-2-14)5-7-20/h8H,3-7H2,1H3. The Labute approximate surface area is 124 Å². The minimum atomic E-state index is 0.490. The van der Waals surface area contributed by atoms with E-state index in [0.29, 0.717) is 6.54 Å². The second-order valence-electron chi connectivity index (χ2n) is 4.73. The van der Waals surface area contributed by atoms with Crippen LogP contribution in [-0.4, -0.2) is 57.4 Å². The molecular formula is C12H14BrN7. The molecule has 3 heterocycles. The Morgan fingerprint density at radius 2 is 2.05 bits per heavy atom. The minimum absolute atomic E-state index is 0.490. The van der Waals surface area contributed by atoms with Crippen LogP contribution in [0.1, 0.15) is 0 Å². The predicted octanol–water partition coefficient (Wildman–Crippen LogP) is 0.771. The van der Waals surface area contributed by atoms with E-state index in [0.717, 1.165) is 47.6 Å². The molecule has 0 N–H and O–H groups in total. The van der Waals surface area contributed by atoms with Crippen molar-refractivity contribution in [3.8, 4) is 6.07 Å². The molecule has 1 saturated heterocycles. The Morgan fingerprint density at radius 3 is 2.75 bits per heavy atom. The molecule has 2 aromatic rings. The van der Waals surface area contributed by atoms with Crippen molar-refractivity contribution in [2.75, 3.05) is 37.6 Å². The zero-order valence-electron chi connectivity index (χ0n) is 11.1. The zero-order chi connectivity index (χ0) is 14.1. The van der Waals surface area contributed by atoms with Crippen LogP contribution in [0.2, 0.25) is 0 Å². The maximum absolute atomic E-state index is 8.74. The fourth-order valence-corrected chi connectivity index (χ4v) is 3.08. The lowest BCUT2D eigenvalue weighted by Crippen LogP contribution is -2.46. The van der Waals surface area contributed by atoms with E-state index < -0.39 is 0 Å². The van der Waals surface area contributed by atoms with Crippen LogP contribution in [0.5, 0.6) is 0 Å². The Kier molecular flexibility index (Phi) is 3.54. The first-order valence-corrected chi connectivity index (χ1v) is 7.17. The summed E-state index contributed by atoms with van der Waals surface area (Å²) in [5.41, 5.74) is 0.821. The molecule has 0 bridgehead atoms. The molecule has 104 valence electrons. The number of aromatic nitrogens is 4. The van der Waals surface area contributed by atoms with Crippen molar-refractivity contribution in [1.29, 1.82) is 5.26 Å². The van der Waals surface area contributed by atoms with Gasteiger partial charge in [0.2, 0.25) is 0 Å². The van der Waals surface area contributed by atoms with Crippen molar-refractivity contribution >= 4 is 32.8 Å². The quantitative estimate of drug-likeness (QED) is 0.755. The van der Waals surface area contributed by atoms with E-state index >= 15 is 0 Å². The van der Waals surface area contributed by atoms with Gasteiger partial charge < -0.3 is 4.90 Å². The number of nitrogens with zero attached hydrogens (tertiary/aromatic N) is 7. The lowest BCUT2D eigenvalue weighted by Gasteiger charge is -2.34. The highest BCUT2D eigenvalue weighted by molar-refractivity contribution is 9.10. The van der Waals surface area contributed by atoms with Gasteiger partial charge in [0.05, 0.1) is 18.0 Å². The lowest BCUT2D eigenvalue weighted by atomic mass is 10.3. The molecule has 1 aliphatic rings. The minimum Gasteiger partial charge on any atom is -0.353 e. The third-order valence-corrected chi connectivity index (χ3v) is 4.08. The van der Waals surface area contributed by atoms with Crippen molar-refractivity contribution in [3.05, 3.63) is 10.9 Å². The number of piperazine rings is 1. The van der Waals surface area contributed by atoms with Crippen molar-refractivity contribution in [2.24, 2.45) is 7.05 Å². The van der Waals surface area contributed by atoms with Crippen LogP contribution in [0, 0.1) is 11.3 Å². The van der Waals surface area contributed by atoms with Crippen molar-refractivity contribution in [2.45, 2.75) is 0 Å². The zero-order valence-corrected chi connectivity index (χ0v) is 12.7. The maximum atomic E-state index is 8.74. The Bertz CT molecular complexity index is 666. The summed E-state index contributed by atoms with van der Waals surface area (Å²) in [5, 5.41) is 14.0. The number of aryl methyl sites for hydroxylation is 1. The van der Waals surface area contributed by atoms with Crippen LogP contribution in [0.25, 0.3) is 11.0 Å². The molecule has 0 radical (unpaired) electrons. The van der Waals surface area contributed by atoms with Gasteiger partial charge in [0.15, 0.2) is 5.65 Å². The van der Waals surface area contributed by atoms with Crippen LogP contribution in [0.15, 0.2) is 10.9 Å².